The molecule has 4 rings (SSSR count). The number of aromatic nitrogens is 1. The number of hydrogen-bond acceptors (Lipinski definition) is 2. The SMILES string of the molecule is Bc1cc2cc(N=C(c3ccccc3)c3ccccc3)ccc2cn1. The van der Waals surface area contributed by atoms with Gasteiger partial charge in [-0.25, -0.2) is 4.99 Å². The molecule has 0 bridgehead atoms. The summed E-state index contributed by atoms with van der Waals surface area (Å²) in [5.41, 5.74) is 5.16. The van der Waals surface area contributed by atoms with E-state index in [2.05, 4.69) is 47.4 Å². The number of hydrogen-bond donors (Lipinski definition) is 0. The number of pyridine rings is 1. The molecule has 3 aromatic carbocycles. The monoisotopic (exact) mass is 320 g/mol. The zero-order valence-corrected chi connectivity index (χ0v) is 14.1. The number of fused-ring (bicyclic) bond motifs is 1. The van der Waals surface area contributed by atoms with Crippen molar-refractivity contribution < 1.29 is 0 Å². The van der Waals surface area contributed by atoms with E-state index in [0.29, 0.717) is 0 Å². The first kappa shape index (κ1) is 15.3. The van der Waals surface area contributed by atoms with Crippen molar-refractivity contribution in [3.05, 3.63) is 102 Å². The Labute approximate surface area is 148 Å². The minimum absolute atomic E-state index is 0.945. The van der Waals surface area contributed by atoms with Crippen molar-refractivity contribution in [2.75, 3.05) is 0 Å². The van der Waals surface area contributed by atoms with E-state index >= 15 is 0 Å². The average molecular weight is 320 g/mol. The highest BCUT2D eigenvalue weighted by Gasteiger charge is 2.07. The van der Waals surface area contributed by atoms with Crippen molar-refractivity contribution in [1.82, 2.24) is 4.98 Å². The standard InChI is InChI=1S/C22H17BN2/c23-21-14-19-13-20(12-11-18(19)15-24-21)25-22(16-7-3-1-4-8-16)17-9-5-2-6-10-17/h1-15H,23H2. The van der Waals surface area contributed by atoms with Crippen LogP contribution in [-0.2, 0) is 0 Å². The normalized spacial score (nSPS) is 10.6. The van der Waals surface area contributed by atoms with Crippen molar-refractivity contribution in [1.29, 1.82) is 0 Å². The van der Waals surface area contributed by atoms with Gasteiger partial charge in [-0.15, -0.1) is 0 Å². The molecule has 0 atom stereocenters. The van der Waals surface area contributed by atoms with Crippen LogP contribution >= 0.6 is 0 Å². The van der Waals surface area contributed by atoms with E-state index in [-0.39, 0.29) is 0 Å². The minimum Gasteiger partial charge on any atom is -0.271 e. The van der Waals surface area contributed by atoms with Crippen LogP contribution in [0.5, 0.6) is 0 Å². The Kier molecular flexibility index (Phi) is 4.13. The van der Waals surface area contributed by atoms with E-state index in [9.17, 15) is 0 Å². The van der Waals surface area contributed by atoms with Crippen LogP contribution in [0.2, 0.25) is 0 Å². The summed E-state index contributed by atoms with van der Waals surface area (Å²) in [6.45, 7) is 0. The lowest BCUT2D eigenvalue weighted by Gasteiger charge is -2.08. The summed E-state index contributed by atoms with van der Waals surface area (Å²) in [6, 6.07) is 29.0. The molecule has 0 N–H and O–H groups in total. The number of rotatable bonds is 3. The zero-order valence-electron chi connectivity index (χ0n) is 14.1. The Morgan fingerprint density at radius 3 is 2.00 bits per heavy atom. The molecule has 1 heterocycles. The van der Waals surface area contributed by atoms with Gasteiger partial charge >= 0.3 is 0 Å². The smallest absolute Gasteiger partial charge is 0.163 e. The summed E-state index contributed by atoms with van der Waals surface area (Å²) in [5.74, 6) is 0. The highest BCUT2D eigenvalue weighted by atomic mass is 14.7. The topological polar surface area (TPSA) is 25.2 Å². The average Bonchev–Trinajstić information content (AvgIpc) is 2.67. The first-order valence-electron chi connectivity index (χ1n) is 8.35. The Balaban J connectivity index is 1.87. The lowest BCUT2D eigenvalue weighted by molar-refractivity contribution is 1.42. The molecule has 2 nitrogen and oxygen atoms in total. The molecule has 0 radical (unpaired) electrons. The number of aliphatic imine (C=N–C) groups is 1. The maximum atomic E-state index is 4.98. The van der Waals surface area contributed by atoms with Crippen LogP contribution in [-0.4, -0.2) is 18.5 Å². The van der Waals surface area contributed by atoms with Crippen LogP contribution in [0.3, 0.4) is 0 Å². The third-order valence-corrected chi connectivity index (χ3v) is 4.18. The summed E-state index contributed by atoms with van der Waals surface area (Å²) in [4.78, 5) is 9.33. The molecule has 0 aliphatic rings. The Morgan fingerprint density at radius 1 is 0.720 bits per heavy atom. The predicted octanol–water partition coefficient (Wildman–Crippen LogP) is 3.66. The van der Waals surface area contributed by atoms with Gasteiger partial charge in [-0.2, -0.15) is 0 Å². The van der Waals surface area contributed by atoms with Crippen molar-refractivity contribution in [2.24, 2.45) is 4.99 Å². The van der Waals surface area contributed by atoms with Crippen LogP contribution < -0.4 is 5.59 Å². The van der Waals surface area contributed by atoms with Gasteiger partial charge in [-0.1, -0.05) is 66.7 Å². The summed E-state index contributed by atoms with van der Waals surface area (Å²) < 4.78 is 0. The molecule has 0 saturated carbocycles. The molecule has 0 spiro atoms. The number of benzene rings is 3. The second-order valence-electron chi connectivity index (χ2n) is 6.05. The van der Waals surface area contributed by atoms with Gasteiger partial charge < -0.3 is 0 Å². The van der Waals surface area contributed by atoms with Crippen LogP contribution in [0, 0.1) is 0 Å². The van der Waals surface area contributed by atoms with Gasteiger partial charge in [-0.05, 0) is 29.2 Å². The van der Waals surface area contributed by atoms with E-state index in [1.54, 1.807) is 0 Å². The Morgan fingerprint density at radius 2 is 1.36 bits per heavy atom. The molecule has 1 aromatic heterocycles. The lowest BCUT2D eigenvalue weighted by Crippen LogP contribution is -2.06. The van der Waals surface area contributed by atoms with Crippen LogP contribution in [0.4, 0.5) is 5.69 Å². The van der Waals surface area contributed by atoms with Gasteiger partial charge in [0.1, 0.15) is 0 Å². The fourth-order valence-electron chi connectivity index (χ4n) is 2.92. The fourth-order valence-corrected chi connectivity index (χ4v) is 2.92. The summed E-state index contributed by atoms with van der Waals surface area (Å²) in [5, 5.41) is 2.29. The summed E-state index contributed by atoms with van der Waals surface area (Å²) >= 11 is 0. The highest BCUT2D eigenvalue weighted by Crippen LogP contribution is 2.22. The highest BCUT2D eigenvalue weighted by molar-refractivity contribution is 6.31. The Hall–Kier alpha value is -3.20. The van der Waals surface area contributed by atoms with E-state index in [0.717, 1.165) is 38.9 Å². The van der Waals surface area contributed by atoms with Crippen LogP contribution in [0.15, 0.2) is 96.1 Å². The molecule has 0 aliphatic heterocycles. The van der Waals surface area contributed by atoms with Gasteiger partial charge in [-0.3, -0.25) is 4.98 Å². The zero-order chi connectivity index (χ0) is 17.1. The third-order valence-electron chi connectivity index (χ3n) is 4.18. The van der Waals surface area contributed by atoms with Crippen molar-refractivity contribution in [3.63, 3.8) is 0 Å². The van der Waals surface area contributed by atoms with Crippen LogP contribution in [0.1, 0.15) is 11.1 Å². The third kappa shape index (κ3) is 3.36. The minimum atomic E-state index is 0.945. The van der Waals surface area contributed by atoms with E-state index < -0.39 is 0 Å². The van der Waals surface area contributed by atoms with Crippen molar-refractivity contribution in [2.45, 2.75) is 0 Å². The molecule has 0 fully saturated rings. The van der Waals surface area contributed by atoms with E-state index in [1.165, 1.54) is 0 Å². The first-order valence-corrected chi connectivity index (χ1v) is 8.35. The quantitative estimate of drug-likeness (QED) is 0.418. The van der Waals surface area contributed by atoms with Gasteiger partial charge in [0.25, 0.3) is 0 Å². The molecule has 25 heavy (non-hydrogen) atoms. The van der Waals surface area contributed by atoms with Crippen molar-refractivity contribution >= 4 is 35.6 Å². The predicted molar refractivity (Wildman–Crippen MR) is 108 cm³/mol. The van der Waals surface area contributed by atoms with Crippen LogP contribution in [0.25, 0.3) is 10.8 Å². The maximum Gasteiger partial charge on any atom is 0.163 e. The maximum absolute atomic E-state index is 4.98. The van der Waals surface area contributed by atoms with Gasteiger partial charge in [0, 0.05) is 22.7 Å². The van der Waals surface area contributed by atoms with Gasteiger partial charge in [0.05, 0.1) is 11.4 Å². The second kappa shape index (κ2) is 6.74. The Bertz CT molecular complexity index is 1000. The fraction of sp³-hybridized carbons (Fsp3) is 0. The molecule has 3 heteroatoms. The van der Waals surface area contributed by atoms with Crippen molar-refractivity contribution in [3.8, 4) is 0 Å². The molecule has 0 aliphatic carbocycles. The second-order valence-corrected chi connectivity index (χ2v) is 6.05. The van der Waals surface area contributed by atoms with E-state index in [1.807, 2.05) is 56.5 Å². The first-order chi connectivity index (χ1) is 12.3. The molecular weight excluding hydrogens is 303 g/mol. The molecule has 0 unspecified atom stereocenters. The van der Waals surface area contributed by atoms with Gasteiger partial charge in [0.15, 0.2) is 7.85 Å². The summed E-state index contributed by atoms with van der Waals surface area (Å²) in [6.07, 6.45) is 1.91. The lowest BCUT2D eigenvalue weighted by atomic mass is 10.0. The molecule has 0 amide bonds. The molecule has 118 valence electrons. The largest absolute Gasteiger partial charge is 0.271 e. The summed E-state index contributed by atoms with van der Waals surface area (Å²) in [7, 11) is 2.01. The number of nitrogens with zero attached hydrogens (tertiary/aromatic N) is 2. The van der Waals surface area contributed by atoms with Gasteiger partial charge in [0.2, 0.25) is 0 Å². The molecular formula is C22H17BN2. The molecule has 0 saturated heterocycles. The molecule has 4 aromatic rings. The van der Waals surface area contributed by atoms with E-state index in [4.69, 9.17) is 4.99 Å².